The normalized spacial score (nSPS) is 17.1. The summed E-state index contributed by atoms with van der Waals surface area (Å²) in [6, 6.07) is 4.92. The zero-order chi connectivity index (χ0) is 62.8. The Labute approximate surface area is 515 Å². The van der Waals surface area contributed by atoms with Gasteiger partial charge in [0.15, 0.2) is 11.3 Å². The van der Waals surface area contributed by atoms with Crippen molar-refractivity contribution in [1.29, 1.82) is 10.5 Å². The van der Waals surface area contributed by atoms with Crippen LogP contribution in [0.5, 0.6) is 0 Å². The van der Waals surface area contributed by atoms with Crippen LogP contribution in [0.2, 0.25) is 51.4 Å². The highest BCUT2D eigenvalue weighted by atomic mass is 79.9. The number of aromatic nitrogens is 10. The number of amides is 4. The van der Waals surface area contributed by atoms with Crippen molar-refractivity contribution >= 4 is 78.0 Å². The summed E-state index contributed by atoms with van der Waals surface area (Å²) in [5, 5.41) is 32.8. The molecule has 8 heterocycles. The van der Waals surface area contributed by atoms with Gasteiger partial charge in [0.2, 0.25) is 11.8 Å². The van der Waals surface area contributed by atoms with E-state index in [-0.39, 0.29) is 42.5 Å². The molecule has 6 aromatic heterocycles. The van der Waals surface area contributed by atoms with E-state index in [1.54, 1.807) is 53.0 Å². The number of hydrogen-bond acceptors (Lipinski definition) is 14. The smallest absolute Gasteiger partial charge is 0.255 e. The number of likely N-dealkylation sites (tertiary alicyclic amines) is 2. The van der Waals surface area contributed by atoms with E-state index in [1.165, 1.54) is 47.5 Å². The lowest BCUT2D eigenvalue weighted by atomic mass is 9.75. The van der Waals surface area contributed by atoms with Crippen molar-refractivity contribution in [3.05, 3.63) is 68.7 Å². The summed E-state index contributed by atoms with van der Waals surface area (Å²) in [6.07, 6.45) is 13.3. The maximum absolute atomic E-state index is 13.6. The van der Waals surface area contributed by atoms with Gasteiger partial charge in [-0.05, 0) is 104 Å². The largest absolute Gasteiger partial charge is 0.361 e. The molecule has 6 aromatic rings. The summed E-state index contributed by atoms with van der Waals surface area (Å²) in [5.41, 5.74) is 11.3. The quantitative estimate of drug-likeness (QED) is 0.0640. The molecule has 4 amide bonds. The number of nitrogens with one attached hydrogen (secondary N) is 2. The molecule has 0 unspecified atom stereocenters. The zero-order valence-electron chi connectivity index (χ0n) is 53.0. The van der Waals surface area contributed by atoms with Gasteiger partial charge >= 0.3 is 0 Å². The fraction of sp³-hybridized carbons (Fsp3) is 0.607. The minimum absolute atomic E-state index is 0.126. The maximum atomic E-state index is 13.6. The second-order valence-corrected chi connectivity index (χ2v) is 39.8. The summed E-state index contributed by atoms with van der Waals surface area (Å²) >= 11 is 3.30. The first-order valence-electron chi connectivity index (χ1n) is 29.9. The van der Waals surface area contributed by atoms with Gasteiger partial charge in [0.25, 0.3) is 11.8 Å². The van der Waals surface area contributed by atoms with E-state index >= 15 is 0 Å². The lowest BCUT2D eigenvalue weighted by Crippen LogP contribution is -2.55. The van der Waals surface area contributed by atoms with E-state index in [2.05, 4.69) is 139 Å². The van der Waals surface area contributed by atoms with Crippen molar-refractivity contribution in [3.63, 3.8) is 0 Å². The Balaban J connectivity index is 0.000000190. The van der Waals surface area contributed by atoms with E-state index in [4.69, 9.17) is 35.1 Å². The molecule has 2 saturated heterocycles. The number of nitriles is 2. The van der Waals surface area contributed by atoms with Gasteiger partial charge in [-0.2, -0.15) is 20.7 Å². The van der Waals surface area contributed by atoms with Crippen molar-refractivity contribution in [2.24, 2.45) is 36.8 Å². The Bertz CT molecular complexity index is 3580. The van der Waals surface area contributed by atoms with Crippen LogP contribution in [-0.2, 0) is 72.3 Å². The Morgan fingerprint density at radius 1 is 0.686 bits per heavy atom. The molecule has 10 rings (SSSR count). The van der Waals surface area contributed by atoms with Gasteiger partial charge in [0.05, 0.1) is 53.2 Å². The second kappa shape index (κ2) is 26.4. The lowest BCUT2D eigenvalue weighted by Gasteiger charge is -2.37. The van der Waals surface area contributed by atoms with Crippen LogP contribution < -0.4 is 10.6 Å². The average molecular weight is 1280 g/mol. The van der Waals surface area contributed by atoms with Gasteiger partial charge in [-0.25, -0.2) is 19.9 Å². The van der Waals surface area contributed by atoms with Gasteiger partial charge < -0.3 is 39.0 Å². The number of ether oxygens (including phenoxy) is 2. The third-order valence-corrected chi connectivity index (χ3v) is 20.4. The molecule has 2 atom stereocenters. The highest BCUT2D eigenvalue weighted by Crippen LogP contribution is 2.40. The van der Waals surface area contributed by atoms with Gasteiger partial charge in [-0.15, -0.1) is 0 Å². The summed E-state index contributed by atoms with van der Waals surface area (Å²) in [5.74, 6) is -1.50. The number of aryl methyl sites for hydroxylation is 3. The standard InChI is InChI=1S/C30H42N8O3Si.C20H27BrN6O3Si.C11H18N2/c1-19(29(40)37-15-20(13-31)16-37)33-28(39)22-17-38(18-41-10-11-42(5,6)7)27-26(22)34-23(14-32-27)25-21-12-30(2,3)9-8-24(21)36(4)35-25;1-13(20(29)26-9-14(7-22)10-26)24-19(28)15-11-27(12-30-5-6-31(2,3)4)18-17(15)25-16(21)8-23-18;1-8-9-7-11(2,3)6-5-10(9)13(4)12-8/h14,17,19-20H,8-12,15-16,18H2,1-7H3,(H,33,39);8,11,13-14H,5-6,9-10,12H2,1-4H3,(H,24,28);5-7H2,1-4H3/t19-;13-;/m11./s1. The van der Waals surface area contributed by atoms with Crippen LogP contribution in [0.3, 0.4) is 0 Å². The molecule has 0 aromatic carbocycles. The van der Waals surface area contributed by atoms with Crippen molar-refractivity contribution in [3.8, 4) is 23.5 Å². The van der Waals surface area contributed by atoms with E-state index < -0.39 is 40.0 Å². The Hall–Kier alpha value is -6.65. The monoisotopic (exact) mass is 1270 g/mol. The predicted octanol–water partition coefficient (Wildman–Crippen LogP) is 8.61. The van der Waals surface area contributed by atoms with Gasteiger partial charge in [-0.3, -0.25) is 28.5 Å². The van der Waals surface area contributed by atoms with E-state index in [9.17, 15) is 19.2 Å². The summed E-state index contributed by atoms with van der Waals surface area (Å²) in [6.45, 7) is 31.8. The SMILES string of the molecule is C[C@@H](NC(=O)c1cn(COCC[Si](C)(C)C)c2ncc(-c3nn(C)c4c3CC(C)(C)CC4)nc12)C(=O)N1CC(C#N)C1.C[C@@H](NC(=O)c1cn(COCC[Si](C)(C)C)c2ncc(Br)nc12)C(=O)N1CC(C#N)C1.Cc1nn(C)c2c1CC(C)(C)CC2. The number of carbonyl (C=O) groups is 4. The summed E-state index contributed by atoms with van der Waals surface area (Å²) in [7, 11) is 1.57. The first-order valence-corrected chi connectivity index (χ1v) is 38.1. The third-order valence-electron chi connectivity index (χ3n) is 16.6. The van der Waals surface area contributed by atoms with Crippen molar-refractivity contribution in [2.45, 2.75) is 164 Å². The molecule has 0 radical (unpaired) electrons. The van der Waals surface area contributed by atoms with Crippen LogP contribution in [0.25, 0.3) is 33.7 Å². The Kier molecular flexibility index (Phi) is 20.0. The summed E-state index contributed by atoms with van der Waals surface area (Å²) < 4.78 is 19.9. The molecule has 4 aliphatic rings. The Morgan fingerprint density at radius 3 is 1.58 bits per heavy atom. The van der Waals surface area contributed by atoms with Crippen LogP contribution in [0.1, 0.15) is 103 Å². The van der Waals surface area contributed by atoms with Crippen LogP contribution in [0.4, 0.5) is 0 Å². The highest BCUT2D eigenvalue weighted by molar-refractivity contribution is 9.10. The number of rotatable bonds is 17. The first-order chi connectivity index (χ1) is 40.3. The van der Waals surface area contributed by atoms with E-state index in [1.807, 2.05) is 16.3 Å². The Morgan fingerprint density at radius 2 is 1.12 bits per heavy atom. The number of hydrogen-bond donors (Lipinski definition) is 2. The van der Waals surface area contributed by atoms with Gasteiger partial charge in [0, 0.05) is 99.0 Å². The van der Waals surface area contributed by atoms with Crippen LogP contribution in [0.15, 0.2) is 29.4 Å². The molecule has 25 heteroatoms. The van der Waals surface area contributed by atoms with E-state index in [0.29, 0.717) is 88.6 Å². The predicted molar refractivity (Wildman–Crippen MR) is 338 cm³/mol. The molecular weight excluding hydrogens is 1190 g/mol. The molecule has 0 bridgehead atoms. The average Bonchev–Trinajstić information content (AvgIpc) is 1.68. The fourth-order valence-electron chi connectivity index (χ4n) is 11.2. The van der Waals surface area contributed by atoms with Crippen LogP contribution in [-0.4, -0.2) is 150 Å². The molecule has 22 nitrogen and oxygen atoms in total. The van der Waals surface area contributed by atoms with Crippen LogP contribution in [0, 0.1) is 52.3 Å². The van der Waals surface area contributed by atoms with E-state index in [0.717, 1.165) is 37.0 Å². The minimum Gasteiger partial charge on any atom is -0.361 e. The fourth-order valence-corrected chi connectivity index (χ4v) is 12.9. The first kappa shape index (κ1) is 65.3. The number of halogens is 1. The number of fused-ring (bicyclic) bond motifs is 4. The number of nitrogens with zero attached hydrogens (tertiary/aromatic N) is 14. The van der Waals surface area contributed by atoms with Crippen molar-refractivity contribution in [1.82, 2.24) is 69.1 Å². The van der Waals surface area contributed by atoms with Crippen molar-refractivity contribution in [2.75, 3.05) is 39.4 Å². The molecule has 86 heavy (non-hydrogen) atoms. The zero-order valence-corrected chi connectivity index (χ0v) is 56.6. The molecule has 2 aliphatic heterocycles. The molecule has 2 aliphatic carbocycles. The lowest BCUT2D eigenvalue weighted by molar-refractivity contribution is -0.138. The molecule has 2 N–H and O–H groups in total. The van der Waals surface area contributed by atoms with Crippen molar-refractivity contribution < 1.29 is 28.7 Å². The van der Waals surface area contributed by atoms with Crippen LogP contribution >= 0.6 is 15.9 Å². The molecule has 462 valence electrons. The minimum atomic E-state index is -1.26. The highest BCUT2D eigenvalue weighted by Gasteiger charge is 2.37. The molecule has 0 saturated carbocycles. The second-order valence-electron chi connectivity index (χ2n) is 27.8. The molecule has 0 spiro atoms. The maximum Gasteiger partial charge on any atom is 0.255 e. The topological polar surface area (TPSA) is 262 Å². The van der Waals surface area contributed by atoms with Gasteiger partial charge in [0.1, 0.15) is 52.6 Å². The van der Waals surface area contributed by atoms with Gasteiger partial charge in [-0.1, -0.05) is 67.0 Å². The third kappa shape index (κ3) is 15.7. The number of carbonyl (C=O) groups excluding carboxylic acids is 4. The molecular formula is C61H87BrN16O6Si2. The summed E-state index contributed by atoms with van der Waals surface area (Å²) in [4.78, 5) is 73.6. The molecule has 2 fully saturated rings.